The number of nitrogens with zero attached hydrogens (tertiary/aromatic N) is 2. The minimum Gasteiger partial charge on any atom is -0.310 e. The maximum absolute atomic E-state index is 2.48. The first-order valence-corrected chi connectivity index (χ1v) is 21.8. The second-order valence-corrected chi connectivity index (χ2v) is 16.5. The predicted molar refractivity (Wildman–Crippen MR) is 264 cm³/mol. The Morgan fingerprint density at radius 3 is 1.49 bits per heavy atom. The van der Waals surface area contributed by atoms with E-state index in [-0.39, 0.29) is 0 Å². The number of hydrogen-bond donors (Lipinski definition) is 0. The molecule has 2 heteroatoms. The van der Waals surface area contributed by atoms with E-state index in [1.54, 1.807) is 0 Å². The first-order valence-electron chi connectivity index (χ1n) is 21.8. The Balaban J connectivity index is 1.01. The van der Waals surface area contributed by atoms with Crippen LogP contribution in [-0.2, 0) is 5.41 Å². The first-order chi connectivity index (χ1) is 31.3. The van der Waals surface area contributed by atoms with E-state index in [4.69, 9.17) is 0 Å². The molecule has 63 heavy (non-hydrogen) atoms. The van der Waals surface area contributed by atoms with E-state index in [1.807, 2.05) is 0 Å². The molecule has 1 aromatic heterocycles. The molecular weight excluding hydrogens is 761 g/mol. The van der Waals surface area contributed by atoms with Crippen LogP contribution in [0.15, 0.2) is 255 Å². The molecule has 0 N–H and O–H groups in total. The van der Waals surface area contributed by atoms with Crippen LogP contribution in [0.1, 0.15) is 22.3 Å². The molecule has 1 aliphatic carbocycles. The van der Waals surface area contributed by atoms with Crippen LogP contribution in [0.5, 0.6) is 0 Å². The van der Waals surface area contributed by atoms with E-state index in [1.165, 1.54) is 77.4 Å². The third-order valence-electron chi connectivity index (χ3n) is 13.0. The lowest BCUT2D eigenvalue weighted by Gasteiger charge is -2.34. The largest absolute Gasteiger partial charge is 0.310 e. The summed E-state index contributed by atoms with van der Waals surface area (Å²) in [5, 5.41) is 2.48. The summed E-state index contributed by atoms with van der Waals surface area (Å²) in [5.41, 5.74) is 18.8. The Morgan fingerprint density at radius 1 is 0.302 bits per heavy atom. The number of fused-ring (bicyclic) bond motifs is 6. The van der Waals surface area contributed by atoms with Gasteiger partial charge in [0.25, 0.3) is 0 Å². The van der Waals surface area contributed by atoms with Gasteiger partial charge in [-0.2, -0.15) is 0 Å². The normalized spacial score (nSPS) is 12.6. The summed E-state index contributed by atoms with van der Waals surface area (Å²) in [6.45, 7) is 0. The number of aromatic nitrogens is 1. The highest BCUT2D eigenvalue weighted by atomic mass is 15.1. The summed E-state index contributed by atoms with van der Waals surface area (Å²) in [6, 6.07) is 93.2. The average molecular weight is 803 g/mol. The summed E-state index contributed by atoms with van der Waals surface area (Å²) in [5.74, 6) is 0. The van der Waals surface area contributed by atoms with Crippen molar-refractivity contribution in [1.82, 2.24) is 4.57 Å². The molecule has 10 aromatic carbocycles. The Hall–Kier alpha value is -8.20. The van der Waals surface area contributed by atoms with Crippen LogP contribution in [0.3, 0.4) is 0 Å². The zero-order chi connectivity index (χ0) is 41.7. The molecule has 0 aliphatic heterocycles. The number of benzene rings is 10. The van der Waals surface area contributed by atoms with Crippen molar-refractivity contribution in [3.8, 4) is 39.1 Å². The Bertz CT molecular complexity index is 3360. The molecule has 0 fully saturated rings. The Kier molecular flexibility index (Phi) is 8.76. The summed E-state index contributed by atoms with van der Waals surface area (Å²) in [4.78, 5) is 2.32. The van der Waals surface area contributed by atoms with E-state index < -0.39 is 5.41 Å². The smallest absolute Gasteiger partial charge is 0.0714 e. The van der Waals surface area contributed by atoms with Crippen LogP contribution in [0, 0.1) is 0 Å². The van der Waals surface area contributed by atoms with Gasteiger partial charge in [-0.05, 0) is 122 Å². The molecule has 0 atom stereocenters. The fourth-order valence-corrected chi connectivity index (χ4v) is 10.3. The van der Waals surface area contributed by atoms with Gasteiger partial charge in [-0.15, -0.1) is 0 Å². The highest BCUT2D eigenvalue weighted by Gasteiger charge is 2.46. The van der Waals surface area contributed by atoms with Gasteiger partial charge in [0.05, 0.1) is 16.4 Å². The minimum atomic E-state index is -0.481. The van der Waals surface area contributed by atoms with Gasteiger partial charge >= 0.3 is 0 Å². The predicted octanol–water partition coefficient (Wildman–Crippen LogP) is 16.0. The molecule has 0 unspecified atom stereocenters. The van der Waals surface area contributed by atoms with Crippen LogP contribution < -0.4 is 4.90 Å². The third-order valence-corrected chi connectivity index (χ3v) is 13.0. The average Bonchev–Trinajstić information content (AvgIpc) is 3.85. The highest BCUT2D eigenvalue weighted by Crippen LogP contribution is 2.56. The topological polar surface area (TPSA) is 8.17 Å². The molecular formula is C61H42N2. The van der Waals surface area contributed by atoms with Crippen molar-refractivity contribution in [2.75, 3.05) is 4.90 Å². The van der Waals surface area contributed by atoms with Gasteiger partial charge in [-0.25, -0.2) is 0 Å². The molecule has 0 saturated heterocycles. The molecule has 1 heterocycles. The fourth-order valence-electron chi connectivity index (χ4n) is 10.3. The molecule has 0 saturated carbocycles. The van der Waals surface area contributed by atoms with Gasteiger partial charge < -0.3 is 9.47 Å². The summed E-state index contributed by atoms with van der Waals surface area (Å²) in [7, 11) is 0. The minimum absolute atomic E-state index is 0.481. The van der Waals surface area contributed by atoms with Crippen molar-refractivity contribution >= 4 is 38.9 Å². The van der Waals surface area contributed by atoms with Gasteiger partial charge in [0.2, 0.25) is 0 Å². The van der Waals surface area contributed by atoms with E-state index in [0.717, 1.165) is 22.7 Å². The Labute approximate surface area is 368 Å². The van der Waals surface area contributed by atoms with E-state index >= 15 is 0 Å². The second kappa shape index (κ2) is 15.1. The van der Waals surface area contributed by atoms with Crippen molar-refractivity contribution in [3.63, 3.8) is 0 Å². The molecule has 12 rings (SSSR count). The summed E-state index contributed by atoms with van der Waals surface area (Å²) < 4.78 is 2.48. The molecule has 0 radical (unpaired) electrons. The van der Waals surface area contributed by atoms with Crippen molar-refractivity contribution in [2.45, 2.75) is 5.41 Å². The van der Waals surface area contributed by atoms with Crippen molar-refractivity contribution in [1.29, 1.82) is 0 Å². The van der Waals surface area contributed by atoms with Crippen LogP contribution >= 0.6 is 0 Å². The lowest BCUT2D eigenvalue weighted by molar-refractivity contribution is 0.767. The van der Waals surface area contributed by atoms with E-state index in [0.29, 0.717) is 0 Å². The van der Waals surface area contributed by atoms with Crippen LogP contribution in [0.25, 0.3) is 60.9 Å². The standard InChI is InChI=1S/C61H42N2/c1-5-22-47(23-6-1)61(48-24-7-2-8-25-48)57-33-15-13-31-53(57)54-38-36-52(42-58(54)61)63-59-34-16-14-32-55(59)56-37-35-46(41-60(56)63)44-20-17-19-43(39-44)45-21-18-30-51(40-45)62(49-26-9-3-10-27-49)50-28-11-4-12-29-50/h1-42H. The van der Waals surface area contributed by atoms with E-state index in [9.17, 15) is 0 Å². The van der Waals surface area contributed by atoms with Crippen molar-refractivity contribution < 1.29 is 0 Å². The van der Waals surface area contributed by atoms with Crippen molar-refractivity contribution in [3.05, 3.63) is 277 Å². The first kappa shape index (κ1) is 36.6. The van der Waals surface area contributed by atoms with Gasteiger partial charge in [0.15, 0.2) is 0 Å². The number of hydrogen-bond acceptors (Lipinski definition) is 1. The number of rotatable bonds is 8. The number of para-hydroxylation sites is 3. The number of anilines is 3. The molecule has 0 spiro atoms. The quantitative estimate of drug-likeness (QED) is 0.149. The highest BCUT2D eigenvalue weighted by molar-refractivity contribution is 6.10. The molecule has 0 bridgehead atoms. The lowest BCUT2D eigenvalue weighted by Crippen LogP contribution is -2.28. The molecule has 11 aromatic rings. The van der Waals surface area contributed by atoms with Crippen LogP contribution in [0.2, 0.25) is 0 Å². The fraction of sp³-hybridized carbons (Fsp3) is 0.0164. The van der Waals surface area contributed by atoms with Gasteiger partial charge in [0.1, 0.15) is 0 Å². The second-order valence-electron chi connectivity index (χ2n) is 16.5. The molecule has 0 amide bonds. The Morgan fingerprint density at radius 2 is 0.810 bits per heavy atom. The SMILES string of the molecule is c1ccc(N(c2ccccc2)c2cccc(-c3cccc(-c4ccc5c6ccccc6n(-c6ccc7c(c6)C(c6ccccc6)(c6ccccc6)c6ccccc6-7)c5c4)c3)c2)cc1. The van der Waals surface area contributed by atoms with Gasteiger partial charge in [-0.3, -0.25) is 0 Å². The van der Waals surface area contributed by atoms with Crippen molar-refractivity contribution in [2.24, 2.45) is 0 Å². The van der Waals surface area contributed by atoms with Crippen LogP contribution in [0.4, 0.5) is 17.1 Å². The van der Waals surface area contributed by atoms with Gasteiger partial charge in [0, 0.05) is 33.5 Å². The third kappa shape index (κ3) is 5.95. The van der Waals surface area contributed by atoms with Gasteiger partial charge in [-0.1, -0.05) is 188 Å². The zero-order valence-corrected chi connectivity index (χ0v) is 34.6. The molecule has 1 aliphatic rings. The molecule has 296 valence electrons. The summed E-state index contributed by atoms with van der Waals surface area (Å²) >= 11 is 0. The molecule has 2 nitrogen and oxygen atoms in total. The maximum atomic E-state index is 2.48. The monoisotopic (exact) mass is 802 g/mol. The zero-order valence-electron chi connectivity index (χ0n) is 34.6. The summed E-state index contributed by atoms with van der Waals surface area (Å²) in [6.07, 6.45) is 0. The lowest BCUT2D eigenvalue weighted by atomic mass is 9.67. The maximum Gasteiger partial charge on any atom is 0.0714 e. The van der Waals surface area contributed by atoms with E-state index in [2.05, 4.69) is 264 Å². The van der Waals surface area contributed by atoms with Crippen LogP contribution in [-0.4, -0.2) is 4.57 Å².